The number of carbonyl (C=O) groups is 2. The fourth-order valence-corrected chi connectivity index (χ4v) is 3.05. The highest BCUT2D eigenvalue weighted by Crippen LogP contribution is 2.22. The maximum absolute atomic E-state index is 12.7. The minimum absolute atomic E-state index is 0.0321. The van der Waals surface area contributed by atoms with E-state index in [0.29, 0.717) is 24.4 Å². The van der Waals surface area contributed by atoms with Gasteiger partial charge in [0.15, 0.2) is 12.2 Å². The van der Waals surface area contributed by atoms with Crippen molar-refractivity contribution < 1.29 is 14.0 Å². The number of likely N-dealkylation sites (tertiary alicyclic amines) is 1. The van der Waals surface area contributed by atoms with E-state index in [2.05, 4.69) is 4.98 Å². The number of oxazole rings is 1. The molecule has 0 unspecified atom stereocenters. The molecule has 1 aromatic carbocycles. The van der Waals surface area contributed by atoms with Gasteiger partial charge in [-0.3, -0.25) is 9.59 Å². The van der Waals surface area contributed by atoms with E-state index in [1.54, 1.807) is 42.2 Å². The summed E-state index contributed by atoms with van der Waals surface area (Å²) in [5, 5.41) is 0. The van der Waals surface area contributed by atoms with Gasteiger partial charge in [0.1, 0.15) is 0 Å². The third kappa shape index (κ3) is 3.32. The number of nitrogens with zero attached hydrogens (tertiary/aromatic N) is 3. The summed E-state index contributed by atoms with van der Waals surface area (Å²) in [7, 11) is 3.51. The van der Waals surface area contributed by atoms with Gasteiger partial charge in [-0.1, -0.05) is 12.1 Å². The molecule has 1 aliphatic heterocycles. The molecule has 2 heterocycles. The summed E-state index contributed by atoms with van der Waals surface area (Å²) < 4.78 is 5.25. The van der Waals surface area contributed by atoms with E-state index in [0.717, 1.165) is 18.4 Å². The van der Waals surface area contributed by atoms with Crippen LogP contribution in [0.3, 0.4) is 0 Å². The van der Waals surface area contributed by atoms with Crippen LogP contribution in [0.25, 0.3) is 11.3 Å². The molecule has 0 radical (unpaired) electrons. The predicted molar refractivity (Wildman–Crippen MR) is 89.3 cm³/mol. The lowest BCUT2D eigenvalue weighted by molar-refractivity contribution is -0.134. The molecule has 0 bridgehead atoms. The molecule has 6 nitrogen and oxygen atoms in total. The summed E-state index contributed by atoms with van der Waals surface area (Å²) in [6.45, 7) is 1.18. The third-order valence-electron chi connectivity index (χ3n) is 4.35. The summed E-state index contributed by atoms with van der Waals surface area (Å²) in [5.74, 6) is 0.623. The molecule has 1 atom stereocenters. The van der Waals surface area contributed by atoms with Gasteiger partial charge in [-0.2, -0.15) is 0 Å². The van der Waals surface area contributed by atoms with E-state index in [1.807, 2.05) is 12.1 Å². The van der Waals surface area contributed by atoms with Gasteiger partial charge in [0.25, 0.3) is 5.91 Å². The minimum Gasteiger partial charge on any atom is -0.444 e. The van der Waals surface area contributed by atoms with Gasteiger partial charge in [-0.25, -0.2) is 4.98 Å². The normalized spacial score (nSPS) is 17.6. The van der Waals surface area contributed by atoms with Gasteiger partial charge in [0.2, 0.25) is 5.91 Å². The topological polar surface area (TPSA) is 66.7 Å². The molecule has 2 amide bonds. The van der Waals surface area contributed by atoms with Crippen molar-refractivity contribution in [3.63, 3.8) is 0 Å². The molecule has 126 valence electrons. The Hall–Kier alpha value is -2.63. The van der Waals surface area contributed by atoms with Crippen molar-refractivity contribution >= 4 is 11.8 Å². The minimum atomic E-state index is -0.105. The number of carbonyl (C=O) groups excluding carboxylic acids is 2. The van der Waals surface area contributed by atoms with Gasteiger partial charge in [0.05, 0.1) is 12.1 Å². The molecule has 6 heteroatoms. The Balaban J connectivity index is 1.70. The van der Waals surface area contributed by atoms with Crippen LogP contribution in [0, 0.1) is 5.92 Å². The molecule has 1 fully saturated rings. The van der Waals surface area contributed by atoms with Crippen LogP contribution in [0.1, 0.15) is 23.2 Å². The number of piperidine rings is 1. The lowest BCUT2D eigenvalue weighted by Crippen LogP contribution is -2.45. The van der Waals surface area contributed by atoms with Crippen LogP contribution >= 0.6 is 0 Å². The first-order chi connectivity index (χ1) is 11.6. The monoisotopic (exact) mass is 327 g/mol. The van der Waals surface area contributed by atoms with Crippen molar-refractivity contribution in [1.82, 2.24) is 14.8 Å². The molecule has 0 spiro atoms. The summed E-state index contributed by atoms with van der Waals surface area (Å²) in [6.07, 6.45) is 4.71. The second-order valence-corrected chi connectivity index (χ2v) is 6.27. The average molecular weight is 327 g/mol. The van der Waals surface area contributed by atoms with Crippen molar-refractivity contribution in [3.8, 4) is 11.3 Å². The number of amides is 2. The molecular weight excluding hydrogens is 306 g/mol. The first-order valence-electron chi connectivity index (χ1n) is 8.05. The molecule has 1 aliphatic rings. The smallest absolute Gasteiger partial charge is 0.253 e. The molecule has 1 aromatic heterocycles. The molecule has 1 saturated heterocycles. The first kappa shape index (κ1) is 16.2. The Kier molecular flexibility index (Phi) is 4.64. The molecule has 24 heavy (non-hydrogen) atoms. The third-order valence-corrected chi connectivity index (χ3v) is 4.35. The molecule has 3 rings (SSSR count). The van der Waals surface area contributed by atoms with Crippen molar-refractivity contribution in [1.29, 1.82) is 0 Å². The lowest BCUT2D eigenvalue weighted by Gasteiger charge is -2.33. The SMILES string of the molecule is CN(C)C(=O)[C@@H]1CCCN(C(=O)c2ccc(-c3cnco3)cc2)C1. The zero-order valence-corrected chi connectivity index (χ0v) is 13.9. The largest absolute Gasteiger partial charge is 0.444 e. The Morgan fingerprint density at radius 1 is 1.25 bits per heavy atom. The Morgan fingerprint density at radius 3 is 2.62 bits per heavy atom. The van der Waals surface area contributed by atoms with Gasteiger partial charge in [-0.15, -0.1) is 0 Å². The maximum Gasteiger partial charge on any atom is 0.253 e. The highest BCUT2D eigenvalue weighted by atomic mass is 16.3. The molecule has 0 saturated carbocycles. The van der Waals surface area contributed by atoms with Crippen molar-refractivity contribution in [2.75, 3.05) is 27.2 Å². The Bertz CT molecular complexity index is 708. The fraction of sp³-hybridized carbons (Fsp3) is 0.389. The molecule has 2 aromatic rings. The molecule has 0 N–H and O–H groups in total. The van der Waals surface area contributed by atoms with Gasteiger partial charge < -0.3 is 14.2 Å². The average Bonchev–Trinajstić information content (AvgIpc) is 3.15. The standard InChI is InChI=1S/C18H21N3O3/c1-20(2)17(22)15-4-3-9-21(11-15)18(23)14-7-5-13(6-8-14)16-10-19-12-24-16/h5-8,10,12,15H,3-4,9,11H2,1-2H3/t15-/m1/s1. The van der Waals surface area contributed by atoms with Gasteiger partial charge in [0, 0.05) is 38.3 Å². The summed E-state index contributed by atoms with van der Waals surface area (Å²) >= 11 is 0. The summed E-state index contributed by atoms with van der Waals surface area (Å²) in [4.78, 5) is 32.1. The van der Waals surface area contributed by atoms with Crippen LogP contribution in [0.2, 0.25) is 0 Å². The Labute approximate surface area is 141 Å². The van der Waals surface area contributed by atoms with E-state index < -0.39 is 0 Å². The number of benzene rings is 1. The van der Waals surface area contributed by atoms with E-state index in [-0.39, 0.29) is 17.7 Å². The lowest BCUT2D eigenvalue weighted by atomic mass is 9.96. The molecular formula is C18H21N3O3. The van der Waals surface area contributed by atoms with Crippen molar-refractivity contribution in [3.05, 3.63) is 42.4 Å². The van der Waals surface area contributed by atoms with Gasteiger partial charge in [-0.05, 0) is 25.0 Å². The highest BCUT2D eigenvalue weighted by Gasteiger charge is 2.29. The first-order valence-corrected chi connectivity index (χ1v) is 8.05. The number of rotatable bonds is 3. The second kappa shape index (κ2) is 6.86. The molecule has 0 aliphatic carbocycles. The number of hydrogen-bond acceptors (Lipinski definition) is 4. The van der Waals surface area contributed by atoms with Crippen LogP contribution in [0.15, 0.2) is 41.3 Å². The Morgan fingerprint density at radius 2 is 2.00 bits per heavy atom. The van der Waals surface area contributed by atoms with Crippen molar-refractivity contribution in [2.24, 2.45) is 5.92 Å². The summed E-state index contributed by atoms with van der Waals surface area (Å²) in [6, 6.07) is 7.27. The second-order valence-electron chi connectivity index (χ2n) is 6.27. The summed E-state index contributed by atoms with van der Waals surface area (Å²) in [5.41, 5.74) is 1.50. The highest BCUT2D eigenvalue weighted by molar-refractivity contribution is 5.95. The quantitative estimate of drug-likeness (QED) is 0.867. The van der Waals surface area contributed by atoms with Crippen LogP contribution in [0.5, 0.6) is 0 Å². The van der Waals surface area contributed by atoms with E-state index in [9.17, 15) is 9.59 Å². The zero-order valence-electron chi connectivity index (χ0n) is 13.9. The van der Waals surface area contributed by atoms with E-state index in [4.69, 9.17) is 4.42 Å². The van der Waals surface area contributed by atoms with Crippen LogP contribution in [-0.2, 0) is 4.79 Å². The number of hydrogen-bond donors (Lipinski definition) is 0. The van der Waals surface area contributed by atoms with E-state index >= 15 is 0 Å². The number of aromatic nitrogens is 1. The van der Waals surface area contributed by atoms with Crippen LogP contribution in [-0.4, -0.2) is 53.8 Å². The predicted octanol–water partition coefficient (Wildman–Crippen LogP) is 2.28. The van der Waals surface area contributed by atoms with Gasteiger partial charge >= 0.3 is 0 Å². The maximum atomic E-state index is 12.7. The van der Waals surface area contributed by atoms with Crippen molar-refractivity contribution in [2.45, 2.75) is 12.8 Å². The van der Waals surface area contributed by atoms with E-state index in [1.165, 1.54) is 6.39 Å². The fourth-order valence-electron chi connectivity index (χ4n) is 3.05. The van der Waals surface area contributed by atoms with Crippen LogP contribution in [0.4, 0.5) is 0 Å². The zero-order chi connectivity index (χ0) is 17.1. The van der Waals surface area contributed by atoms with Crippen LogP contribution < -0.4 is 0 Å².